The highest BCUT2D eigenvalue weighted by Crippen LogP contribution is 2.24. The molecule has 0 saturated heterocycles. The molecule has 3 aromatic rings. The van der Waals surface area contributed by atoms with Crippen LogP contribution in [0.15, 0.2) is 34.7 Å². The van der Waals surface area contributed by atoms with Gasteiger partial charge >= 0.3 is 0 Å². The highest BCUT2D eigenvalue weighted by molar-refractivity contribution is 7.15. The second-order valence-corrected chi connectivity index (χ2v) is 6.86. The molecule has 0 radical (unpaired) electrons. The average molecular weight is 310 g/mol. The Morgan fingerprint density at radius 1 is 1.32 bits per heavy atom. The van der Waals surface area contributed by atoms with E-state index in [4.69, 9.17) is 0 Å². The van der Waals surface area contributed by atoms with Crippen LogP contribution < -0.4 is 5.56 Å². The number of hydrogen-bond donors (Lipinski definition) is 0. The van der Waals surface area contributed by atoms with Crippen LogP contribution in [0.4, 0.5) is 0 Å². The van der Waals surface area contributed by atoms with Crippen molar-refractivity contribution < 1.29 is 0 Å². The molecule has 0 atom stereocenters. The van der Waals surface area contributed by atoms with Gasteiger partial charge in [0.25, 0.3) is 5.56 Å². The van der Waals surface area contributed by atoms with Crippen LogP contribution in [-0.2, 0) is 5.41 Å². The molecular weight excluding hydrogens is 296 g/mol. The van der Waals surface area contributed by atoms with Crippen LogP contribution in [0.25, 0.3) is 16.2 Å². The molecule has 5 nitrogen and oxygen atoms in total. The number of aromatic nitrogens is 3. The lowest BCUT2D eigenvalue weighted by atomic mass is 9.91. The molecule has 3 aromatic heterocycles. The molecule has 22 heavy (non-hydrogen) atoms. The lowest BCUT2D eigenvalue weighted by molar-refractivity contribution is 0.569. The van der Waals surface area contributed by atoms with Crippen LogP contribution in [0.2, 0.25) is 0 Å². The smallest absolute Gasteiger partial charge is 0.267 e. The van der Waals surface area contributed by atoms with E-state index < -0.39 is 0 Å². The van der Waals surface area contributed by atoms with E-state index in [0.717, 1.165) is 5.69 Å². The third-order valence-corrected chi connectivity index (χ3v) is 4.14. The van der Waals surface area contributed by atoms with Gasteiger partial charge in [-0.3, -0.25) is 14.2 Å². The number of thiazole rings is 1. The van der Waals surface area contributed by atoms with Crippen molar-refractivity contribution in [1.82, 2.24) is 14.4 Å². The van der Waals surface area contributed by atoms with Gasteiger partial charge in [0.2, 0.25) is 0 Å². The van der Waals surface area contributed by atoms with Crippen LogP contribution in [0.3, 0.4) is 0 Å². The van der Waals surface area contributed by atoms with Crippen molar-refractivity contribution in [3.05, 3.63) is 51.5 Å². The van der Waals surface area contributed by atoms with Gasteiger partial charge in [0, 0.05) is 34.4 Å². The topological polar surface area (TPSA) is 71.1 Å². The third kappa shape index (κ3) is 2.30. The molecule has 3 rings (SSSR count). The van der Waals surface area contributed by atoms with Crippen molar-refractivity contribution >= 4 is 16.3 Å². The van der Waals surface area contributed by atoms with Gasteiger partial charge in [0.1, 0.15) is 11.6 Å². The van der Waals surface area contributed by atoms with Crippen molar-refractivity contribution in [2.75, 3.05) is 0 Å². The maximum atomic E-state index is 12.3. The fourth-order valence-corrected chi connectivity index (χ4v) is 2.87. The molecule has 0 N–H and O–H groups in total. The van der Waals surface area contributed by atoms with Crippen molar-refractivity contribution in [2.45, 2.75) is 26.2 Å². The Balaban J connectivity index is 2.22. The summed E-state index contributed by atoms with van der Waals surface area (Å²) < 4.78 is 1.39. The number of rotatable bonds is 1. The lowest BCUT2D eigenvalue weighted by Crippen LogP contribution is -2.18. The van der Waals surface area contributed by atoms with Crippen molar-refractivity contribution in [3.63, 3.8) is 0 Å². The van der Waals surface area contributed by atoms with Crippen LogP contribution in [0, 0.1) is 11.3 Å². The molecule has 0 amide bonds. The van der Waals surface area contributed by atoms with Crippen LogP contribution >= 0.6 is 11.3 Å². The SMILES string of the molecule is CC(C)(C)c1ccc(-c2nc3sccn3c(=O)c2C#N)cn1. The summed E-state index contributed by atoms with van der Waals surface area (Å²) >= 11 is 1.36. The summed E-state index contributed by atoms with van der Waals surface area (Å²) in [6.07, 6.45) is 3.30. The van der Waals surface area contributed by atoms with Gasteiger partial charge in [0.05, 0.1) is 5.69 Å². The molecular formula is C16H14N4OS. The molecule has 3 heterocycles. The zero-order chi connectivity index (χ0) is 15.9. The Morgan fingerprint density at radius 2 is 2.09 bits per heavy atom. The number of fused-ring (bicyclic) bond motifs is 1. The molecule has 0 fully saturated rings. The van der Waals surface area contributed by atoms with E-state index in [1.165, 1.54) is 15.7 Å². The predicted molar refractivity (Wildman–Crippen MR) is 86.0 cm³/mol. The van der Waals surface area contributed by atoms with Gasteiger partial charge in [0.15, 0.2) is 4.96 Å². The summed E-state index contributed by atoms with van der Waals surface area (Å²) in [4.78, 5) is 21.8. The van der Waals surface area contributed by atoms with E-state index in [2.05, 4.69) is 30.7 Å². The van der Waals surface area contributed by atoms with Crippen molar-refractivity contribution in [1.29, 1.82) is 5.26 Å². The van der Waals surface area contributed by atoms with E-state index in [1.807, 2.05) is 18.2 Å². The standard InChI is InChI=1S/C16H14N4OS/c1-16(2,3)12-5-4-10(9-18-12)13-11(8-17)14(21)20-6-7-22-15(20)19-13/h4-7,9H,1-3H3. The summed E-state index contributed by atoms with van der Waals surface area (Å²) in [6, 6.07) is 5.74. The van der Waals surface area contributed by atoms with Crippen LogP contribution in [0.1, 0.15) is 32.0 Å². The first-order valence-corrected chi connectivity index (χ1v) is 7.66. The van der Waals surface area contributed by atoms with Crippen LogP contribution in [-0.4, -0.2) is 14.4 Å². The van der Waals surface area contributed by atoms with Crippen LogP contribution in [0.5, 0.6) is 0 Å². The molecule has 0 aromatic carbocycles. The molecule has 6 heteroatoms. The fourth-order valence-electron chi connectivity index (χ4n) is 2.17. The Hall–Kier alpha value is -2.52. The summed E-state index contributed by atoms with van der Waals surface area (Å²) in [5.41, 5.74) is 1.66. The van der Waals surface area contributed by atoms with Crippen molar-refractivity contribution in [2.24, 2.45) is 0 Å². The molecule has 0 spiro atoms. The third-order valence-electron chi connectivity index (χ3n) is 3.38. The minimum absolute atomic E-state index is 0.0428. The summed E-state index contributed by atoms with van der Waals surface area (Å²) in [6.45, 7) is 6.24. The molecule has 0 unspecified atom stereocenters. The van der Waals surface area contributed by atoms with Gasteiger partial charge in [-0.05, 0) is 12.1 Å². The van der Waals surface area contributed by atoms with E-state index in [-0.39, 0.29) is 16.5 Å². The van der Waals surface area contributed by atoms with E-state index >= 15 is 0 Å². The minimum Gasteiger partial charge on any atom is -0.267 e. The largest absolute Gasteiger partial charge is 0.277 e. The first-order valence-electron chi connectivity index (χ1n) is 6.78. The van der Waals surface area contributed by atoms with E-state index in [0.29, 0.717) is 16.2 Å². The quantitative estimate of drug-likeness (QED) is 0.692. The van der Waals surface area contributed by atoms with Crippen molar-refractivity contribution in [3.8, 4) is 17.3 Å². The normalized spacial score (nSPS) is 11.5. The van der Waals surface area contributed by atoms with E-state index in [9.17, 15) is 10.1 Å². The lowest BCUT2D eigenvalue weighted by Gasteiger charge is -2.17. The van der Waals surface area contributed by atoms with Gasteiger partial charge in [-0.2, -0.15) is 5.26 Å². The van der Waals surface area contributed by atoms with Gasteiger partial charge in [-0.1, -0.05) is 20.8 Å². The Kier molecular flexibility index (Phi) is 3.30. The predicted octanol–water partition coefficient (Wildman–Crippen LogP) is 2.99. The fraction of sp³-hybridized carbons (Fsp3) is 0.250. The zero-order valence-corrected chi connectivity index (χ0v) is 13.3. The molecule has 0 aliphatic heterocycles. The summed E-state index contributed by atoms with van der Waals surface area (Å²) in [7, 11) is 0. The minimum atomic E-state index is -0.344. The zero-order valence-electron chi connectivity index (χ0n) is 12.5. The second kappa shape index (κ2) is 5.04. The highest BCUT2D eigenvalue weighted by Gasteiger charge is 2.18. The molecule has 0 saturated carbocycles. The monoisotopic (exact) mass is 310 g/mol. The Bertz CT molecular complexity index is 939. The number of hydrogen-bond acceptors (Lipinski definition) is 5. The number of nitrogens with zero attached hydrogens (tertiary/aromatic N) is 4. The average Bonchev–Trinajstić information content (AvgIpc) is 2.95. The first-order chi connectivity index (χ1) is 10.4. The van der Waals surface area contributed by atoms with E-state index in [1.54, 1.807) is 17.8 Å². The molecule has 0 bridgehead atoms. The Labute approximate surface area is 131 Å². The first kappa shape index (κ1) is 14.4. The molecule has 110 valence electrons. The number of nitriles is 1. The highest BCUT2D eigenvalue weighted by atomic mass is 32.1. The molecule has 0 aliphatic carbocycles. The Morgan fingerprint density at radius 3 is 2.68 bits per heavy atom. The van der Waals surface area contributed by atoms with Gasteiger partial charge in [-0.25, -0.2) is 4.98 Å². The summed E-state index contributed by atoms with van der Waals surface area (Å²) in [5, 5.41) is 11.1. The van der Waals surface area contributed by atoms with Gasteiger partial charge in [-0.15, -0.1) is 11.3 Å². The maximum Gasteiger partial charge on any atom is 0.277 e. The number of pyridine rings is 1. The molecule has 0 aliphatic rings. The van der Waals surface area contributed by atoms with Gasteiger partial charge < -0.3 is 0 Å². The summed E-state index contributed by atoms with van der Waals surface area (Å²) in [5.74, 6) is 0. The maximum absolute atomic E-state index is 12.3. The second-order valence-electron chi connectivity index (χ2n) is 5.99.